The second kappa shape index (κ2) is 34.4. The SMILES string of the molecule is CSCC[C@H](NC(=O)[C@H](Cc1c[nH]c2ccccc12)NC(=O)[C@H](Cc1ccc(O)cc1)NC(=O)[C@H](CC(N)=O)NC(=O)[C@H](C)NC(=O)[C@H](Cc1ccccc1)NC(=O)[C@H](CO)NC(=O)[C@H](Cc1ccc(O)cc1)NC(=O)CN)C(=O)N[C@@H](Cc1cnc[nH]1)C(=O)O. The van der Waals surface area contributed by atoms with Gasteiger partial charge < -0.3 is 89.7 Å². The van der Waals surface area contributed by atoms with Crippen molar-refractivity contribution in [3.8, 4) is 11.5 Å². The highest BCUT2D eigenvalue weighted by atomic mass is 32.2. The van der Waals surface area contributed by atoms with E-state index >= 15 is 0 Å². The van der Waals surface area contributed by atoms with Crippen LogP contribution in [0.1, 0.15) is 47.7 Å². The van der Waals surface area contributed by atoms with Gasteiger partial charge in [0.2, 0.25) is 59.1 Å². The molecule has 0 aliphatic heterocycles. The van der Waals surface area contributed by atoms with Gasteiger partial charge in [0.15, 0.2) is 0 Å². The molecule has 484 valence electrons. The van der Waals surface area contributed by atoms with Gasteiger partial charge in [0, 0.05) is 61.1 Å². The number of aromatic hydroxyl groups is 2. The monoisotopic (exact) mass is 1270 g/mol. The number of H-pyrrole nitrogens is 2. The molecule has 0 fully saturated rings. The highest BCUT2D eigenvalue weighted by molar-refractivity contribution is 7.98. The number of carboxylic acid groups (broad SMARTS) is 1. The number of aliphatic hydroxyl groups excluding tert-OH is 1. The molecule has 10 amide bonds. The molecule has 0 unspecified atom stereocenters. The highest BCUT2D eigenvalue weighted by Gasteiger charge is 2.36. The predicted octanol–water partition coefficient (Wildman–Crippen LogP) is -2.14. The number of aromatic nitrogens is 3. The van der Waals surface area contributed by atoms with Gasteiger partial charge in [-0.3, -0.25) is 47.9 Å². The number of phenols is 2. The van der Waals surface area contributed by atoms with E-state index in [0.717, 1.165) is 0 Å². The van der Waals surface area contributed by atoms with E-state index in [-0.39, 0.29) is 50.0 Å². The maximum atomic E-state index is 14.8. The van der Waals surface area contributed by atoms with Crippen LogP contribution in [0.25, 0.3) is 10.9 Å². The van der Waals surface area contributed by atoms with Crippen molar-refractivity contribution in [1.29, 1.82) is 0 Å². The largest absolute Gasteiger partial charge is 0.508 e. The van der Waals surface area contributed by atoms with Gasteiger partial charge in [-0.2, -0.15) is 11.8 Å². The quantitative estimate of drug-likeness (QED) is 0.0202. The molecule has 0 spiro atoms. The van der Waals surface area contributed by atoms with E-state index in [1.807, 2.05) is 0 Å². The van der Waals surface area contributed by atoms with Crippen molar-refractivity contribution < 1.29 is 73.2 Å². The number of hydrogen-bond acceptors (Lipinski definition) is 17. The number of amides is 10. The molecule has 0 bridgehead atoms. The number of carbonyl (C=O) groups excluding carboxylic acids is 10. The van der Waals surface area contributed by atoms with Crippen LogP contribution in [-0.2, 0) is 84.8 Å². The van der Waals surface area contributed by atoms with Crippen molar-refractivity contribution >= 4 is 87.7 Å². The lowest BCUT2D eigenvalue weighted by Crippen LogP contribution is -2.61. The molecular formula is C61H74N14O15S. The van der Waals surface area contributed by atoms with Crippen LogP contribution in [0.4, 0.5) is 0 Å². The number of benzene rings is 4. The minimum atomic E-state index is -1.83. The Morgan fingerprint density at radius 2 is 0.989 bits per heavy atom. The van der Waals surface area contributed by atoms with Crippen LogP contribution in [0.3, 0.4) is 0 Å². The first-order valence-corrected chi connectivity index (χ1v) is 30.1. The molecule has 4 aromatic carbocycles. The molecule has 6 rings (SSSR count). The number of rotatable bonds is 35. The van der Waals surface area contributed by atoms with Crippen LogP contribution in [0.5, 0.6) is 11.5 Å². The second-order valence-corrected chi connectivity index (χ2v) is 22.2. The van der Waals surface area contributed by atoms with Crippen molar-refractivity contribution in [2.45, 2.75) is 106 Å². The first-order chi connectivity index (χ1) is 43.5. The number of hydrogen-bond donors (Lipinski definition) is 17. The Balaban J connectivity index is 1.21. The fourth-order valence-electron chi connectivity index (χ4n) is 9.43. The van der Waals surface area contributed by atoms with Crippen molar-refractivity contribution in [2.75, 3.05) is 25.2 Å². The number of nitrogens with zero attached hydrogens (tertiary/aromatic N) is 1. The maximum Gasteiger partial charge on any atom is 0.326 e. The standard InChI is InChI=1S/C61H74N14O15S/c1-33(67-55(83)45(22-34-8-4-3-5-9-34)72-60(88)50(31-76)75-56(84)44(68-52(80)28-62)23-35-12-16-39(77)17-13-35)53(81)70-48(27-51(63)79)59(87)71-46(24-36-14-18-40(78)19-15-36)57(85)73-47(25-37-29-65-42-11-7-6-10-41(37)42)58(86)69-43(20-21-91-2)54(82)74-49(61(89)90)26-38-30-64-32-66-38/h3-19,29-30,32-33,43-50,65,76-78H,20-28,31,62H2,1-2H3,(H2,63,79)(H,64,66)(H,67,83)(H,68,80)(H,69,86)(H,70,81)(H,71,87)(H,72,88)(H,73,85)(H,74,82)(H,75,84)(H,89,90)/t33-,43-,44-,45-,46-,47-,48-,49-,50-/m0/s1. The minimum absolute atomic E-state index is 0.0281. The van der Waals surface area contributed by atoms with Gasteiger partial charge in [0.05, 0.1) is 25.9 Å². The van der Waals surface area contributed by atoms with Crippen LogP contribution in [0, 0.1) is 0 Å². The Bertz CT molecular complexity index is 3480. The topological polar surface area (TPSA) is 473 Å². The first kappa shape index (κ1) is 69.8. The number of nitrogens with one attached hydrogen (secondary N) is 11. The molecule has 2 aromatic heterocycles. The molecule has 29 nitrogen and oxygen atoms in total. The molecule has 91 heavy (non-hydrogen) atoms. The van der Waals surface area contributed by atoms with E-state index < -0.39 is 139 Å². The molecular weight excluding hydrogens is 1200 g/mol. The summed E-state index contributed by atoms with van der Waals surface area (Å²) in [5, 5.41) is 63.5. The normalized spacial score (nSPS) is 14.0. The Morgan fingerprint density at radius 3 is 1.52 bits per heavy atom. The van der Waals surface area contributed by atoms with Crippen molar-refractivity contribution in [3.05, 3.63) is 150 Å². The summed E-state index contributed by atoms with van der Waals surface area (Å²) in [7, 11) is 0. The number of primary amides is 1. The van der Waals surface area contributed by atoms with Gasteiger partial charge in [-0.05, 0) is 77.9 Å². The Labute approximate surface area is 525 Å². The average Bonchev–Trinajstić information content (AvgIpc) is 3.00. The predicted molar refractivity (Wildman–Crippen MR) is 332 cm³/mol. The number of aromatic amines is 2. The van der Waals surface area contributed by atoms with E-state index in [4.69, 9.17) is 11.5 Å². The summed E-state index contributed by atoms with van der Waals surface area (Å²) < 4.78 is 0. The fraction of sp³-hybridized carbons (Fsp3) is 0.344. The number of phenolic OH excluding ortho intramolecular Hbond substituents is 2. The summed E-state index contributed by atoms with van der Waals surface area (Å²) in [5.74, 6) is -10.9. The van der Waals surface area contributed by atoms with Crippen molar-refractivity contribution in [2.24, 2.45) is 11.5 Å². The number of carbonyl (C=O) groups is 11. The van der Waals surface area contributed by atoms with Crippen LogP contribution in [0.15, 0.2) is 122 Å². The zero-order chi connectivity index (χ0) is 66.1. The van der Waals surface area contributed by atoms with E-state index in [1.165, 1.54) is 79.7 Å². The average molecular weight is 1280 g/mol. The van der Waals surface area contributed by atoms with Gasteiger partial charge in [0.25, 0.3) is 0 Å². The van der Waals surface area contributed by atoms with Gasteiger partial charge in [-0.25, -0.2) is 9.78 Å². The molecule has 30 heteroatoms. The van der Waals surface area contributed by atoms with Crippen LogP contribution < -0.4 is 59.3 Å². The Kier molecular flexibility index (Phi) is 26.4. The Hall–Kier alpha value is -10.3. The summed E-state index contributed by atoms with van der Waals surface area (Å²) >= 11 is 1.35. The lowest BCUT2D eigenvalue weighted by molar-refractivity contribution is -0.142. The molecule has 2 heterocycles. The smallest absolute Gasteiger partial charge is 0.326 e. The van der Waals surface area contributed by atoms with Crippen LogP contribution in [0.2, 0.25) is 0 Å². The molecule has 0 radical (unpaired) electrons. The zero-order valence-corrected chi connectivity index (χ0v) is 50.4. The minimum Gasteiger partial charge on any atom is -0.508 e. The molecule has 19 N–H and O–H groups in total. The van der Waals surface area contributed by atoms with Gasteiger partial charge in [0.1, 0.15) is 65.9 Å². The van der Waals surface area contributed by atoms with Gasteiger partial charge >= 0.3 is 5.97 Å². The number of aliphatic hydroxyl groups is 1. The number of nitrogens with two attached hydrogens (primary N) is 2. The summed E-state index contributed by atoms with van der Waals surface area (Å²) in [5.41, 5.74) is 14.1. The van der Waals surface area contributed by atoms with Crippen molar-refractivity contribution in [1.82, 2.24) is 62.8 Å². The number of carboxylic acids is 1. The van der Waals surface area contributed by atoms with Gasteiger partial charge in [-0.1, -0.05) is 72.8 Å². The number of fused-ring (bicyclic) bond motifs is 1. The van der Waals surface area contributed by atoms with Crippen LogP contribution in [-0.4, -0.2) is 180 Å². The lowest BCUT2D eigenvalue weighted by atomic mass is 10.0. The first-order valence-electron chi connectivity index (χ1n) is 28.7. The van der Waals surface area contributed by atoms with Crippen LogP contribution >= 0.6 is 11.8 Å². The van der Waals surface area contributed by atoms with Crippen molar-refractivity contribution in [3.63, 3.8) is 0 Å². The second-order valence-electron chi connectivity index (χ2n) is 21.2. The third-order valence-electron chi connectivity index (χ3n) is 14.3. The molecule has 0 saturated heterocycles. The lowest BCUT2D eigenvalue weighted by Gasteiger charge is -2.27. The Morgan fingerprint density at radius 1 is 0.527 bits per heavy atom. The summed E-state index contributed by atoms with van der Waals surface area (Å²) in [6.45, 7) is -0.258. The summed E-state index contributed by atoms with van der Waals surface area (Å²) in [6, 6.07) is 12.9. The number of aliphatic carboxylic acids is 1. The summed E-state index contributed by atoms with van der Waals surface area (Å²) in [6.07, 6.45) is 4.29. The zero-order valence-electron chi connectivity index (χ0n) is 49.6. The van der Waals surface area contributed by atoms with E-state index in [9.17, 15) is 73.2 Å². The maximum absolute atomic E-state index is 14.8. The van der Waals surface area contributed by atoms with Gasteiger partial charge in [-0.15, -0.1) is 0 Å². The number of thioether (sulfide) groups is 1. The molecule has 9 atom stereocenters. The highest BCUT2D eigenvalue weighted by Crippen LogP contribution is 2.21. The van der Waals surface area contributed by atoms with E-state index in [1.54, 1.807) is 67.0 Å². The molecule has 0 aliphatic carbocycles. The number of imidazole rings is 1. The fourth-order valence-corrected chi connectivity index (χ4v) is 9.90. The summed E-state index contributed by atoms with van der Waals surface area (Å²) in [4.78, 5) is 161. The van der Waals surface area contributed by atoms with E-state index in [2.05, 4.69) is 62.8 Å². The molecule has 6 aromatic rings. The number of para-hydroxylation sites is 1. The third-order valence-corrected chi connectivity index (χ3v) is 15.0. The third kappa shape index (κ3) is 21.7. The molecule has 0 saturated carbocycles. The van der Waals surface area contributed by atoms with E-state index in [0.29, 0.717) is 44.6 Å². The molecule has 0 aliphatic rings.